The number of rotatable bonds is 4. The van der Waals surface area contributed by atoms with Crippen molar-refractivity contribution >= 4 is 11.6 Å². The molecule has 0 radical (unpaired) electrons. The van der Waals surface area contributed by atoms with Gasteiger partial charge in [0, 0.05) is 37.6 Å². The average Bonchev–Trinajstić information content (AvgIpc) is 2.94. The second-order valence-corrected chi connectivity index (χ2v) is 5.33. The van der Waals surface area contributed by atoms with Crippen molar-refractivity contribution < 1.29 is 4.79 Å². The molecule has 20 heavy (non-hydrogen) atoms. The Kier molecular flexibility index (Phi) is 3.54. The Morgan fingerprint density at radius 2 is 2.15 bits per heavy atom. The van der Waals surface area contributed by atoms with Crippen LogP contribution in [0.4, 0.5) is 5.69 Å². The first-order valence-electron chi connectivity index (χ1n) is 7.10. The van der Waals surface area contributed by atoms with Crippen LogP contribution < -0.4 is 4.90 Å². The van der Waals surface area contributed by atoms with Crippen LogP contribution in [0, 0.1) is 6.92 Å². The summed E-state index contributed by atoms with van der Waals surface area (Å²) in [5.74, 6) is 0.243. The summed E-state index contributed by atoms with van der Waals surface area (Å²) in [6.45, 7) is 3.76. The fourth-order valence-electron chi connectivity index (χ4n) is 2.76. The number of imidazole rings is 1. The maximum atomic E-state index is 12.1. The Morgan fingerprint density at radius 1 is 1.25 bits per heavy atom. The molecule has 1 aromatic heterocycles. The molecule has 1 aliphatic heterocycles. The molecule has 2 heterocycles. The van der Waals surface area contributed by atoms with Gasteiger partial charge in [-0.1, -0.05) is 17.7 Å². The van der Waals surface area contributed by atoms with Gasteiger partial charge in [-0.2, -0.15) is 0 Å². The van der Waals surface area contributed by atoms with Crippen molar-refractivity contribution in [2.24, 2.45) is 0 Å². The summed E-state index contributed by atoms with van der Waals surface area (Å²) in [4.78, 5) is 18.1. The third-order valence-electron chi connectivity index (χ3n) is 3.79. The number of nitrogens with zero attached hydrogens (tertiary/aromatic N) is 3. The molecule has 0 N–H and O–H groups in total. The number of anilines is 1. The van der Waals surface area contributed by atoms with Crippen LogP contribution in [0.15, 0.2) is 36.9 Å². The zero-order valence-corrected chi connectivity index (χ0v) is 11.7. The molecule has 4 heteroatoms. The first-order chi connectivity index (χ1) is 9.74. The van der Waals surface area contributed by atoms with Crippen LogP contribution in [0.2, 0.25) is 0 Å². The van der Waals surface area contributed by atoms with Crippen molar-refractivity contribution in [2.75, 3.05) is 11.4 Å². The van der Waals surface area contributed by atoms with E-state index in [2.05, 4.69) is 30.1 Å². The van der Waals surface area contributed by atoms with Gasteiger partial charge in [0.15, 0.2) is 0 Å². The van der Waals surface area contributed by atoms with E-state index in [9.17, 15) is 4.79 Å². The lowest BCUT2D eigenvalue weighted by Gasteiger charge is -2.29. The Hall–Kier alpha value is -2.10. The highest BCUT2D eigenvalue weighted by Crippen LogP contribution is 2.28. The van der Waals surface area contributed by atoms with Crippen LogP contribution in [-0.4, -0.2) is 22.0 Å². The SMILES string of the molecule is Cc1ccc2c(c1)CCC(=O)N2CCCn1ccnc1. The molecule has 3 rings (SSSR count). The average molecular weight is 269 g/mol. The summed E-state index contributed by atoms with van der Waals surface area (Å²) in [7, 11) is 0. The van der Waals surface area contributed by atoms with E-state index in [1.807, 2.05) is 22.0 Å². The molecule has 1 aliphatic rings. The van der Waals surface area contributed by atoms with Crippen LogP contribution >= 0.6 is 0 Å². The van der Waals surface area contributed by atoms with Gasteiger partial charge in [0.05, 0.1) is 6.33 Å². The normalized spacial score (nSPS) is 14.4. The number of aryl methyl sites for hydroxylation is 3. The van der Waals surface area contributed by atoms with Crippen molar-refractivity contribution in [1.82, 2.24) is 9.55 Å². The molecule has 0 saturated carbocycles. The Bertz CT molecular complexity index is 604. The Morgan fingerprint density at radius 3 is 2.95 bits per heavy atom. The lowest BCUT2D eigenvalue weighted by molar-refractivity contribution is -0.118. The van der Waals surface area contributed by atoms with E-state index in [-0.39, 0.29) is 5.91 Å². The lowest BCUT2D eigenvalue weighted by Crippen LogP contribution is -2.36. The van der Waals surface area contributed by atoms with Gasteiger partial charge in [0.1, 0.15) is 0 Å². The predicted octanol–water partition coefficient (Wildman–Crippen LogP) is 2.56. The molecular formula is C16H19N3O. The smallest absolute Gasteiger partial charge is 0.227 e. The van der Waals surface area contributed by atoms with Crippen molar-refractivity contribution in [3.63, 3.8) is 0 Å². The van der Waals surface area contributed by atoms with E-state index in [0.29, 0.717) is 6.42 Å². The van der Waals surface area contributed by atoms with Crippen molar-refractivity contribution in [2.45, 2.75) is 32.7 Å². The Labute approximate surface area is 119 Å². The topological polar surface area (TPSA) is 38.1 Å². The lowest BCUT2D eigenvalue weighted by atomic mass is 9.99. The maximum absolute atomic E-state index is 12.1. The fraction of sp³-hybridized carbons (Fsp3) is 0.375. The molecule has 104 valence electrons. The van der Waals surface area contributed by atoms with Gasteiger partial charge in [-0.15, -0.1) is 0 Å². The van der Waals surface area contributed by atoms with Crippen LogP contribution in [0.3, 0.4) is 0 Å². The van der Waals surface area contributed by atoms with Crippen LogP contribution in [-0.2, 0) is 17.8 Å². The van der Waals surface area contributed by atoms with Gasteiger partial charge in [-0.25, -0.2) is 4.98 Å². The molecule has 2 aromatic rings. The minimum atomic E-state index is 0.243. The number of amides is 1. The monoisotopic (exact) mass is 269 g/mol. The molecule has 0 unspecified atom stereocenters. The first-order valence-corrected chi connectivity index (χ1v) is 7.10. The summed E-state index contributed by atoms with van der Waals surface area (Å²) >= 11 is 0. The number of hydrogen-bond donors (Lipinski definition) is 0. The summed E-state index contributed by atoms with van der Waals surface area (Å²) in [6.07, 6.45) is 7.99. The fourth-order valence-corrected chi connectivity index (χ4v) is 2.76. The number of hydrogen-bond acceptors (Lipinski definition) is 2. The molecule has 0 fully saturated rings. The maximum Gasteiger partial charge on any atom is 0.227 e. The molecular weight excluding hydrogens is 250 g/mol. The van der Waals surface area contributed by atoms with Crippen molar-refractivity contribution in [3.05, 3.63) is 48.0 Å². The highest BCUT2D eigenvalue weighted by molar-refractivity contribution is 5.96. The van der Waals surface area contributed by atoms with Crippen LogP contribution in [0.1, 0.15) is 24.0 Å². The van der Waals surface area contributed by atoms with Gasteiger partial charge in [0.25, 0.3) is 0 Å². The molecule has 0 spiro atoms. The molecule has 0 aliphatic carbocycles. The predicted molar refractivity (Wildman–Crippen MR) is 78.7 cm³/mol. The van der Waals surface area contributed by atoms with Crippen LogP contribution in [0.5, 0.6) is 0 Å². The highest BCUT2D eigenvalue weighted by atomic mass is 16.2. The number of carbonyl (C=O) groups excluding carboxylic acids is 1. The zero-order chi connectivity index (χ0) is 13.9. The third-order valence-corrected chi connectivity index (χ3v) is 3.79. The van der Waals surface area contributed by atoms with E-state index < -0.39 is 0 Å². The second-order valence-electron chi connectivity index (χ2n) is 5.33. The third kappa shape index (κ3) is 2.59. The first kappa shape index (κ1) is 12.9. The van der Waals surface area contributed by atoms with Crippen LogP contribution in [0.25, 0.3) is 0 Å². The minimum absolute atomic E-state index is 0.243. The number of carbonyl (C=O) groups is 1. The summed E-state index contributed by atoms with van der Waals surface area (Å²) < 4.78 is 2.05. The van der Waals surface area contributed by atoms with E-state index in [4.69, 9.17) is 0 Å². The largest absolute Gasteiger partial charge is 0.337 e. The quantitative estimate of drug-likeness (QED) is 0.855. The Balaban J connectivity index is 1.71. The molecule has 4 nitrogen and oxygen atoms in total. The van der Waals surface area contributed by atoms with E-state index in [1.165, 1.54) is 11.1 Å². The number of benzene rings is 1. The minimum Gasteiger partial charge on any atom is -0.337 e. The van der Waals surface area contributed by atoms with E-state index in [1.54, 1.807) is 6.20 Å². The molecule has 1 aromatic carbocycles. The zero-order valence-electron chi connectivity index (χ0n) is 11.7. The number of fused-ring (bicyclic) bond motifs is 1. The van der Waals surface area contributed by atoms with Gasteiger partial charge in [-0.05, 0) is 31.4 Å². The summed E-state index contributed by atoms with van der Waals surface area (Å²) in [5, 5.41) is 0. The van der Waals surface area contributed by atoms with Gasteiger partial charge >= 0.3 is 0 Å². The second kappa shape index (κ2) is 5.49. The van der Waals surface area contributed by atoms with Crippen molar-refractivity contribution in [1.29, 1.82) is 0 Å². The molecule has 0 saturated heterocycles. The molecule has 0 bridgehead atoms. The van der Waals surface area contributed by atoms with Gasteiger partial charge in [-0.3, -0.25) is 4.79 Å². The van der Waals surface area contributed by atoms with Gasteiger partial charge in [0.2, 0.25) is 5.91 Å². The molecule has 0 atom stereocenters. The number of aromatic nitrogens is 2. The van der Waals surface area contributed by atoms with Crippen molar-refractivity contribution in [3.8, 4) is 0 Å². The summed E-state index contributed by atoms with van der Waals surface area (Å²) in [5.41, 5.74) is 3.65. The highest BCUT2D eigenvalue weighted by Gasteiger charge is 2.23. The van der Waals surface area contributed by atoms with E-state index >= 15 is 0 Å². The standard InChI is InChI=1S/C16H19N3O/c1-13-3-5-15-14(11-13)4-6-16(20)19(15)9-2-8-18-10-7-17-12-18/h3,5,7,10-12H,2,4,6,8-9H2,1H3. The van der Waals surface area contributed by atoms with Gasteiger partial charge < -0.3 is 9.47 Å². The summed E-state index contributed by atoms with van der Waals surface area (Å²) in [6, 6.07) is 6.36. The molecule has 1 amide bonds. The van der Waals surface area contributed by atoms with E-state index in [0.717, 1.165) is 31.6 Å².